The predicted octanol–water partition coefficient (Wildman–Crippen LogP) is 7.99. The second kappa shape index (κ2) is 16.3. The second-order valence-electron chi connectivity index (χ2n) is 12.6. The zero-order valence-electron chi connectivity index (χ0n) is 28.9. The smallest absolute Gasteiger partial charge is 0.200 e. The first kappa shape index (κ1) is 46.3. The van der Waals surface area contributed by atoms with Crippen LogP contribution in [0.4, 0.5) is 87.8 Å². The molecular formula is C35H15BF20O2S. The van der Waals surface area contributed by atoms with Crippen LogP contribution in [0.3, 0.4) is 0 Å². The number of hydrogen-bond donors (Lipinski definition) is 0. The van der Waals surface area contributed by atoms with Gasteiger partial charge in [0.25, 0.3) is 0 Å². The molecule has 0 aliphatic heterocycles. The highest BCUT2D eigenvalue weighted by molar-refractivity contribution is 8.00. The third-order valence-electron chi connectivity index (χ3n) is 8.61. The summed E-state index contributed by atoms with van der Waals surface area (Å²) < 4.78 is 306. The Bertz CT molecular complexity index is 2240. The molecule has 0 spiro atoms. The fraction of sp³-hybridized carbons (Fsp3) is 0.114. The Kier molecular flexibility index (Phi) is 12.8. The van der Waals surface area contributed by atoms with Crippen molar-refractivity contribution in [2.75, 3.05) is 12.5 Å². The minimum atomic E-state index is -7.22. The lowest BCUT2D eigenvalue weighted by Crippen LogP contribution is -2.81. The summed E-state index contributed by atoms with van der Waals surface area (Å²) in [5.74, 6) is -70.9. The fourth-order valence-electron chi connectivity index (χ4n) is 6.24. The molecule has 0 N–H and O–H groups in total. The van der Waals surface area contributed by atoms with Crippen molar-refractivity contribution >= 4 is 43.7 Å². The highest BCUT2D eigenvalue weighted by Gasteiger charge is 2.52. The highest BCUT2D eigenvalue weighted by Crippen LogP contribution is 2.31. The molecule has 0 radical (unpaired) electrons. The van der Waals surface area contributed by atoms with Gasteiger partial charge >= 0.3 is 0 Å². The molecule has 0 aliphatic carbocycles. The van der Waals surface area contributed by atoms with Crippen molar-refractivity contribution in [3.8, 4) is 0 Å². The van der Waals surface area contributed by atoms with E-state index in [4.69, 9.17) is 0 Å². The van der Waals surface area contributed by atoms with Gasteiger partial charge in [-0.15, -0.1) is 26.1 Å². The van der Waals surface area contributed by atoms with Gasteiger partial charge in [0.05, 0.1) is 9.93 Å². The van der Waals surface area contributed by atoms with Crippen molar-refractivity contribution < 1.29 is 96.8 Å². The van der Waals surface area contributed by atoms with Crippen molar-refractivity contribution in [2.24, 2.45) is 0 Å². The Hall–Kier alpha value is -5.42. The maximum atomic E-state index is 15.4. The molecule has 0 unspecified atom stereocenters. The van der Waals surface area contributed by atoms with E-state index >= 15 is 35.1 Å². The summed E-state index contributed by atoms with van der Waals surface area (Å²) in [6, 6.07) is 7.34. The molecule has 5 aromatic carbocycles. The normalized spacial score (nSPS) is 11.8. The first-order valence-corrected chi connectivity index (χ1v) is 17.9. The molecule has 24 heteroatoms. The van der Waals surface area contributed by atoms with Gasteiger partial charge in [-0.1, -0.05) is 24.3 Å². The topological polar surface area (TPSA) is 34.1 Å². The molecule has 0 bridgehead atoms. The van der Waals surface area contributed by atoms with Gasteiger partial charge in [-0.2, -0.15) is 0 Å². The lowest BCUT2D eigenvalue weighted by atomic mass is 9.12. The number of Topliss-reactive ketones (excluding diaryl/α,β-unsaturated/α-hetero) is 1. The van der Waals surface area contributed by atoms with Gasteiger partial charge < -0.3 is 0 Å². The molecule has 0 saturated carbocycles. The number of halogens is 20. The SMILES string of the molecule is CC(=O)c1ccccc1C[S+](C)(C)=O.Fc1c(F)c(F)c([B-](c2c(F)c(F)c(F)c(F)c2F)(c2c(F)c(F)c(F)c(F)c2F)c2c(F)c(F)c(F)c(F)c2F)c(F)c1F. The first-order chi connectivity index (χ1) is 27.1. The predicted molar refractivity (Wildman–Crippen MR) is 169 cm³/mol. The molecule has 0 heterocycles. The van der Waals surface area contributed by atoms with Crippen LogP contribution in [0.1, 0.15) is 22.8 Å². The van der Waals surface area contributed by atoms with Gasteiger partial charge in [0.1, 0.15) is 70.9 Å². The fourth-order valence-corrected chi connectivity index (χ4v) is 7.24. The largest absolute Gasteiger partial charge is 0.294 e. The lowest BCUT2D eigenvalue weighted by Gasteiger charge is -2.44. The highest BCUT2D eigenvalue weighted by atomic mass is 32.2. The molecule has 0 saturated heterocycles. The third kappa shape index (κ3) is 7.43. The number of rotatable bonds is 7. The van der Waals surface area contributed by atoms with E-state index < -0.39 is 154 Å². The van der Waals surface area contributed by atoms with Crippen LogP contribution < -0.4 is 21.9 Å². The standard InChI is InChI=1S/C24BF20.C11H15O2S/c26-5-1(6(27)14(35)21(42)13(5)34)25(2-7(28)15(36)22(43)16(37)8(2)29,3-9(30)17(38)23(44)18(39)10(3)31)4-11(32)19(40)24(45)20(41)12(4)33;1-9(12)11-7-5-4-6-10(11)8-14(2,3)13/h;4-7H,8H2,1-3H3/q-1;+1. The van der Waals surface area contributed by atoms with E-state index in [1.54, 1.807) is 18.6 Å². The second-order valence-corrected chi connectivity index (χ2v) is 15.8. The quantitative estimate of drug-likeness (QED) is 0.0415. The van der Waals surface area contributed by atoms with Gasteiger partial charge in [0.2, 0.25) is 0 Å². The molecule has 59 heavy (non-hydrogen) atoms. The molecule has 0 aromatic heterocycles. The molecule has 0 amide bonds. The summed E-state index contributed by atoms with van der Waals surface area (Å²) in [5, 5.41) is 0. The van der Waals surface area contributed by atoms with Crippen molar-refractivity contribution in [2.45, 2.75) is 12.7 Å². The minimum Gasteiger partial charge on any atom is -0.294 e. The Balaban J connectivity index is 0.000000464. The summed E-state index contributed by atoms with van der Waals surface area (Å²) in [6.45, 7) is 1.53. The number of hydrogen-bond acceptors (Lipinski definition) is 2. The Morgan fingerprint density at radius 1 is 0.407 bits per heavy atom. The van der Waals surface area contributed by atoms with Crippen LogP contribution in [-0.2, 0) is 19.9 Å². The molecule has 316 valence electrons. The number of ketones is 1. The van der Waals surface area contributed by atoms with Crippen molar-refractivity contribution in [3.05, 3.63) is 152 Å². The van der Waals surface area contributed by atoms with Crippen molar-refractivity contribution in [1.29, 1.82) is 0 Å². The van der Waals surface area contributed by atoms with E-state index in [-0.39, 0.29) is 5.78 Å². The van der Waals surface area contributed by atoms with Crippen LogP contribution in [-0.4, -0.2) is 24.4 Å². The number of benzene rings is 5. The summed E-state index contributed by atoms with van der Waals surface area (Å²) in [6.07, 6.45) is -3.79. The zero-order valence-corrected chi connectivity index (χ0v) is 29.7. The van der Waals surface area contributed by atoms with Crippen LogP contribution >= 0.6 is 0 Å². The van der Waals surface area contributed by atoms with E-state index in [1.807, 2.05) is 18.2 Å². The van der Waals surface area contributed by atoms with Gasteiger partial charge in [0, 0.05) is 11.1 Å². The lowest BCUT2D eigenvalue weighted by molar-refractivity contribution is 0.101. The van der Waals surface area contributed by atoms with E-state index in [1.165, 1.54) is 6.92 Å². The maximum Gasteiger partial charge on any atom is 0.200 e. The van der Waals surface area contributed by atoms with Gasteiger partial charge in [-0.25, -0.2) is 87.8 Å². The van der Waals surface area contributed by atoms with Crippen LogP contribution in [0.15, 0.2) is 24.3 Å². The Labute approximate surface area is 317 Å². The third-order valence-corrected chi connectivity index (χ3v) is 9.61. The average molecular weight is 890 g/mol. The summed E-state index contributed by atoms with van der Waals surface area (Å²) in [7, 11) is -1.84. The van der Waals surface area contributed by atoms with Crippen LogP contribution in [0.25, 0.3) is 0 Å². The number of carbonyl (C=O) groups is 1. The van der Waals surface area contributed by atoms with Crippen LogP contribution in [0.5, 0.6) is 0 Å². The molecule has 0 fully saturated rings. The zero-order chi connectivity index (χ0) is 45.1. The monoisotopic (exact) mass is 890 g/mol. The summed E-state index contributed by atoms with van der Waals surface area (Å²) >= 11 is 0. The Morgan fingerprint density at radius 2 is 0.610 bits per heavy atom. The van der Waals surface area contributed by atoms with Gasteiger partial charge in [-0.05, 0) is 6.92 Å². The number of carbonyl (C=O) groups excluding carboxylic acids is 1. The summed E-state index contributed by atoms with van der Waals surface area (Å²) in [4.78, 5) is 11.3. The van der Waals surface area contributed by atoms with E-state index in [9.17, 15) is 61.7 Å². The maximum absolute atomic E-state index is 15.4. The Morgan fingerprint density at radius 3 is 0.814 bits per heavy atom. The van der Waals surface area contributed by atoms with Crippen LogP contribution in [0.2, 0.25) is 0 Å². The molecule has 5 rings (SSSR count). The van der Waals surface area contributed by atoms with Crippen molar-refractivity contribution in [1.82, 2.24) is 0 Å². The van der Waals surface area contributed by atoms with E-state index in [2.05, 4.69) is 0 Å². The van der Waals surface area contributed by atoms with Gasteiger partial charge in [0.15, 0.2) is 75.6 Å². The minimum absolute atomic E-state index is 0.0317. The molecule has 5 aromatic rings. The first-order valence-electron chi connectivity index (χ1n) is 15.3. The van der Waals surface area contributed by atoms with Crippen molar-refractivity contribution in [3.63, 3.8) is 0 Å². The molecule has 0 aliphatic rings. The van der Waals surface area contributed by atoms with Gasteiger partial charge in [-0.3, -0.25) is 4.79 Å². The average Bonchev–Trinajstić information content (AvgIpc) is 3.17. The molecular weight excluding hydrogens is 875 g/mol. The van der Waals surface area contributed by atoms with E-state index in [0.717, 1.165) is 5.56 Å². The summed E-state index contributed by atoms with van der Waals surface area (Å²) in [5.41, 5.74) is -12.8. The molecule has 0 atom stereocenters. The van der Waals surface area contributed by atoms with Crippen LogP contribution in [0, 0.1) is 116 Å². The van der Waals surface area contributed by atoms with E-state index in [0.29, 0.717) is 11.3 Å². The molecule has 2 nitrogen and oxygen atoms in total.